The van der Waals surface area contributed by atoms with E-state index >= 15 is 0 Å². The fraction of sp³-hybridized carbons (Fsp3) is 0.148. The van der Waals surface area contributed by atoms with E-state index < -0.39 is 0 Å². The van der Waals surface area contributed by atoms with E-state index in [2.05, 4.69) is 15.7 Å². The number of hydrogen-bond acceptors (Lipinski definition) is 3. The number of benzene rings is 3. The smallest absolute Gasteiger partial charge is 0.315 e. The molecule has 0 atom stereocenters. The summed E-state index contributed by atoms with van der Waals surface area (Å²) in [5.41, 5.74) is 3.88. The molecule has 0 saturated carbocycles. The second-order valence-corrected chi connectivity index (χ2v) is 8.97. The average molecular weight is 522 g/mol. The Kier molecular flexibility index (Phi) is 7.93. The topological polar surface area (TPSA) is 79.3 Å². The zero-order valence-corrected chi connectivity index (χ0v) is 21.3. The predicted molar refractivity (Wildman–Crippen MR) is 145 cm³/mol. The fourth-order valence-electron chi connectivity index (χ4n) is 3.64. The minimum absolute atomic E-state index is 0.138. The minimum Gasteiger partial charge on any atom is -0.315 e. The van der Waals surface area contributed by atoms with E-state index in [9.17, 15) is 9.59 Å². The summed E-state index contributed by atoms with van der Waals surface area (Å²) in [4.78, 5) is 27.2. The van der Waals surface area contributed by atoms with Gasteiger partial charge in [0.1, 0.15) is 12.4 Å². The Balaban J connectivity index is 1.56. The first-order valence-corrected chi connectivity index (χ1v) is 12.1. The number of anilines is 2. The van der Waals surface area contributed by atoms with Crippen molar-refractivity contribution in [3.05, 3.63) is 94.5 Å². The van der Waals surface area contributed by atoms with Crippen molar-refractivity contribution in [3.63, 3.8) is 0 Å². The van der Waals surface area contributed by atoms with Crippen LogP contribution in [0.4, 0.5) is 16.3 Å². The standard InChI is InChI=1S/C27H25Cl2N5O2/c1-3-33(27(36)30-20-11-7-8-18(2)14-20)17-26(35)31-25-16-24(19-9-5-4-6-10-19)32-34(25)21-12-13-22(28)23(29)15-21/h4-16H,3,17H2,1-2H3,(H,30,36)(H,31,35). The van der Waals surface area contributed by atoms with Gasteiger partial charge >= 0.3 is 6.03 Å². The molecule has 0 aliphatic rings. The maximum absolute atomic E-state index is 13.0. The molecule has 1 aromatic heterocycles. The van der Waals surface area contributed by atoms with Crippen LogP contribution in [0, 0.1) is 6.92 Å². The number of hydrogen-bond donors (Lipinski definition) is 2. The van der Waals surface area contributed by atoms with Crippen LogP contribution in [0.15, 0.2) is 78.9 Å². The van der Waals surface area contributed by atoms with E-state index in [1.54, 1.807) is 35.0 Å². The first-order chi connectivity index (χ1) is 17.3. The third-order valence-corrected chi connectivity index (χ3v) is 6.21. The van der Waals surface area contributed by atoms with Gasteiger partial charge < -0.3 is 15.5 Å². The van der Waals surface area contributed by atoms with Crippen molar-refractivity contribution in [1.82, 2.24) is 14.7 Å². The highest BCUT2D eigenvalue weighted by molar-refractivity contribution is 6.42. The second-order valence-electron chi connectivity index (χ2n) is 8.15. The summed E-state index contributed by atoms with van der Waals surface area (Å²) >= 11 is 12.3. The third kappa shape index (κ3) is 6.05. The van der Waals surface area contributed by atoms with Crippen molar-refractivity contribution >= 4 is 46.6 Å². The number of carbonyl (C=O) groups excluding carboxylic acids is 2. The van der Waals surface area contributed by atoms with Gasteiger partial charge in [0, 0.05) is 23.9 Å². The van der Waals surface area contributed by atoms with Gasteiger partial charge in [-0.1, -0.05) is 65.7 Å². The van der Waals surface area contributed by atoms with Gasteiger partial charge in [0.2, 0.25) is 5.91 Å². The molecule has 0 unspecified atom stereocenters. The van der Waals surface area contributed by atoms with Gasteiger partial charge in [-0.15, -0.1) is 0 Å². The lowest BCUT2D eigenvalue weighted by atomic mass is 10.1. The Morgan fingerprint density at radius 3 is 2.39 bits per heavy atom. The lowest BCUT2D eigenvalue weighted by Crippen LogP contribution is -2.40. The summed E-state index contributed by atoms with van der Waals surface area (Å²) in [5, 5.41) is 11.2. The number of carbonyl (C=O) groups is 2. The molecule has 184 valence electrons. The maximum Gasteiger partial charge on any atom is 0.322 e. The molecule has 2 N–H and O–H groups in total. The molecular weight excluding hydrogens is 497 g/mol. The molecule has 4 rings (SSSR count). The highest BCUT2D eigenvalue weighted by atomic mass is 35.5. The molecule has 3 aromatic carbocycles. The van der Waals surface area contributed by atoms with Gasteiger partial charge in [-0.2, -0.15) is 5.10 Å². The van der Waals surface area contributed by atoms with Gasteiger partial charge in [-0.25, -0.2) is 9.48 Å². The lowest BCUT2D eigenvalue weighted by molar-refractivity contribution is -0.116. The van der Waals surface area contributed by atoms with Crippen LogP contribution in [0.2, 0.25) is 10.0 Å². The van der Waals surface area contributed by atoms with Crippen LogP contribution in [-0.2, 0) is 4.79 Å². The first-order valence-electron chi connectivity index (χ1n) is 11.4. The molecule has 4 aromatic rings. The van der Waals surface area contributed by atoms with Gasteiger partial charge in [-0.05, 0) is 49.7 Å². The molecule has 0 aliphatic carbocycles. The normalized spacial score (nSPS) is 10.7. The Morgan fingerprint density at radius 2 is 1.69 bits per heavy atom. The molecule has 9 heteroatoms. The summed E-state index contributed by atoms with van der Waals surface area (Å²) < 4.78 is 1.59. The Hall–Kier alpha value is -3.81. The summed E-state index contributed by atoms with van der Waals surface area (Å²) in [5.74, 6) is 0.0736. The molecule has 3 amide bonds. The Morgan fingerprint density at radius 1 is 0.917 bits per heavy atom. The Bertz CT molecular complexity index is 1390. The predicted octanol–water partition coefficient (Wildman–Crippen LogP) is 6.65. The molecule has 7 nitrogen and oxygen atoms in total. The van der Waals surface area contributed by atoms with Crippen molar-refractivity contribution in [2.24, 2.45) is 0 Å². The number of rotatable bonds is 7. The maximum atomic E-state index is 13.0. The number of aromatic nitrogens is 2. The third-order valence-electron chi connectivity index (χ3n) is 5.47. The second kappa shape index (κ2) is 11.3. The highest BCUT2D eigenvalue weighted by Crippen LogP contribution is 2.29. The van der Waals surface area contributed by atoms with Gasteiger partial charge in [0.05, 0.1) is 21.4 Å². The zero-order valence-electron chi connectivity index (χ0n) is 19.8. The van der Waals surface area contributed by atoms with Crippen molar-refractivity contribution in [3.8, 4) is 16.9 Å². The summed E-state index contributed by atoms with van der Waals surface area (Å²) in [6.07, 6.45) is 0. The van der Waals surface area contributed by atoms with Crippen LogP contribution in [0.1, 0.15) is 12.5 Å². The van der Waals surface area contributed by atoms with E-state index in [0.29, 0.717) is 39.5 Å². The van der Waals surface area contributed by atoms with E-state index in [-0.39, 0.29) is 18.5 Å². The van der Waals surface area contributed by atoms with Crippen molar-refractivity contribution in [2.45, 2.75) is 13.8 Å². The van der Waals surface area contributed by atoms with Gasteiger partial charge in [-0.3, -0.25) is 4.79 Å². The molecule has 0 bridgehead atoms. The van der Waals surface area contributed by atoms with Crippen LogP contribution in [0.25, 0.3) is 16.9 Å². The summed E-state index contributed by atoms with van der Waals surface area (Å²) in [6, 6.07) is 23.6. The van der Waals surface area contributed by atoms with E-state index in [1.807, 2.05) is 62.4 Å². The number of halogens is 2. The van der Waals surface area contributed by atoms with Crippen LogP contribution >= 0.6 is 23.2 Å². The molecular formula is C27H25Cl2N5O2. The number of nitrogens with zero attached hydrogens (tertiary/aromatic N) is 3. The molecule has 0 spiro atoms. The lowest BCUT2D eigenvalue weighted by Gasteiger charge is -2.21. The van der Waals surface area contributed by atoms with Crippen LogP contribution < -0.4 is 10.6 Å². The highest BCUT2D eigenvalue weighted by Gasteiger charge is 2.19. The van der Waals surface area contributed by atoms with Crippen LogP contribution in [-0.4, -0.2) is 39.7 Å². The van der Waals surface area contributed by atoms with E-state index in [1.165, 1.54) is 4.90 Å². The van der Waals surface area contributed by atoms with E-state index in [4.69, 9.17) is 23.2 Å². The van der Waals surface area contributed by atoms with E-state index in [0.717, 1.165) is 11.1 Å². The summed E-state index contributed by atoms with van der Waals surface area (Å²) in [7, 11) is 0. The van der Waals surface area contributed by atoms with Gasteiger partial charge in [0.15, 0.2) is 0 Å². The molecule has 0 aliphatic heterocycles. The number of aryl methyl sites for hydroxylation is 1. The zero-order chi connectivity index (χ0) is 25.7. The van der Waals surface area contributed by atoms with Crippen molar-refractivity contribution in [1.29, 1.82) is 0 Å². The van der Waals surface area contributed by atoms with Crippen LogP contribution in [0.3, 0.4) is 0 Å². The first kappa shape index (κ1) is 25.3. The fourth-order valence-corrected chi connectivity index (χ4v) is 3.93. The number of nitrogens with one attached hydrogen (secondary N) is 2. The molecule has 36 heavy (non-hydrogen) atoms. The molecule has 0 saturated heterocycles. The van der Waals surface area contributed by atoms with Gasteiger partial charge in [0.25, 0.3) is 0 Å². The summed E-state index contributed by atoms with van der Waals surface area (Å²) in [6.45, 7) is 3.98. The number of urea groups is 1. The number of likely N-dealkylation sites (N-methyl/N-ethyl adjacent to an activating group) is 1. The average Bonchev–Trinajstić information content (AvgIpc) is 3.28. The van der Waals surface area contributed by atoms with Crippen molar-refractivity contribution in [2.75, 3.05) is 23.7 Å². The molecule has 0 radical (unpaired) electrons. The monoisotopic (exact) mass is 521 g/mol. The van der Waals surface area contributed by atoms with Crippen molar-refractivity contribution < 1.29 is 9.59 Å². The Labute approximate surface area is 219 Å². The quantitative estimate of drug-likeness (QED) is 0.285. The van der Waals surface area contributed by atoms with Crippen LogP contribution in [0.5, 0.6) is 0 Å². The molecule has 1 heterocycles. The molecule has 0 fully saturated rings. The largest absolute Gasteiger partial charge is 0.322 e. The minimum atomic E-state index is -0.364. The SMILES string of the molecule is CCN(CC(=O)Nc1cc(-c2ccccc2)nn1-c1ccc(Cl)c(Cl)c1)C(=O)Nc1cccc(C)c1. The number of amides is 3.